The van der Waals surface area contributed by atoms with Gasteiger partial charge in [-0.2, -0.15) is 0 Å². The van der Waals surface area contributed by atoms with E-state index < -0.39 is 0 Å². The zero-order chi connectivity index (χ0) is 16.8. The number of nitrogens with zero attached hydrogens (tertiary/aromatic N) is 3. The number of likely N-dealkylation sites (tertiary alicyclic amines) is 2. The third-order valence-corrected chi connectivity index (χ3v) is 4.84. The van der Waals surface area contributed by atoms with Crippen LogP contribution in [0, 0.1) is 0 Å². The average molecular weight is 330 g/mol. The van der Waals surface area contributed by atoms with Gasteiger partial charge in [0.15, 0.2) is 5.96 Å². The standard InChI is InChI=1S/C19H30N4O/c1-2-20-19(23-12-9-18(24)15-23)21-13-16-5-7-17(8-6-16)14-22-10-3-4-11-22/h5-8,18,24H,2-4,9-15H2,1H3,(H,20,21)/t18-/m1/s1. The van der Waals surface area contributed by atoms with Crippen molar-refractivity contribution in [3.8, 4) is 0 Å². The van der Waals surface area contributed by atoms with Gasteiger partial charge < -0.3 is 15.3 Å². The van der Waals surface area contributed by atoms with Crippen LogP contribution in [0.25, 0.3) is 0 Å². The van der Waals surface area contributed by atoms with Crippen LogP contribution >= 0.6 is 0 Å². The molecule has 1 aromatic rings. The molecule has 0 aliphatic carbocycles. The lowest BCUT2D eigenvalue weighted by Crippen LogP contribution is -2.40. The van der Waals surface area contributed by atoms with Gasteiger partial charge >= 0.3 is 0 Å². The summed E-state index contributed by atoms with van der Waals surface area (Å²) in [5, 5.41) is 13.1. The monoisotopic (exact) mass is 330 g/mol. The van der Waals surface area contributed by atoms with E-state index in [9.17, 15) is 5.11 Å². The fourth-order valence-electron chi connectivity index (χ4n) is 3.48. The van der Waals surface area contributed by atoms with Crippen molar-refractivity contribution < 1.29 is 5.11 Å². The molecule has 0 unspecified atom stereocenters. The Balaban J connectivity index is 1.57. The largest absolute Gasteiger partial charge is 0.391 e. The molecule has 0 bridgehead atoms. The van der Waals surface area contributed by atoms with Gasteiger partial charge in [-0.3, -0.25) is 4.90 Å². The predicted octanol–water partition coefficient (Wildman–Crippen LogP) is 1.81. The minimum absolute atomic E-state index is 0.223. The number of aliphatic hydroxyl groups is 1. The van der Waals surface area contributed by atoms with E-state index in [-0.39, 0.29) is 6.10 Å². The van der Waals surface area contributed by atoms with E-state index in [1.54, 1.807) is 0 Å². The number of hydrogen-bond acceptors (Lipinski definition) is 3. The van der Waals surface area contributed by atoms with Crippen molar-refractivity contribution in [2.75, 3.05) is 32.7 Å². The minimum Gasteiger partial charge on any atom is -0.391 e. The van der Waals surface area contributed by atoms with E-state index in [1.165, 1.54) is 37.1 Å². The molecule has 2 N–H and O–H groups in total. The van der Waals surface area contributed by atoms with E-state index in [0.717, 1.165) is 32.0 Å². The van der Waals surface area contributed by atoms with Crippen LogP contribution < -0.4 is 5.32 Å². The van der Waals surface area contributed by atoms with E-state index >= 15 is 0 Å². The molecule has 2 fully saturated rings. The third-order valence-electron chi connectivity index (χ3n) is 4.84. The molecule has 1 atom stereocenters. The Bertz CT molecular complexity index is 537. The first kappa shape index (κ1) is 17.2. The Morgan fingerprint density at radius 3 is 2.50 bits per heavy atom. The Hall–Kier alpha value is -1.59. The number of guanidine groups is 1. The maximum absolute atomic E-state index is 9.72. The number of aliphatic hydroxyl groups excluding tert-OH is 1. The number of hydrogen-bond donors (Lipinski definition) is 2. The Morgan fingerprint density at radius 1 is 1.17 bits per heavy atom. The van der Waals surface area contributed by atoms with Crippen molar-refractivity contribution in [1.82, 2.24) is 15.1 Å². The Labute approximate surface area is 145 Å². The maximum Gasteiger partial charge on any atom is 0.194 e. The van der Waals surface area contributed by atoms with Gasteiger partial charge in [0.2, 0.25) is 0 Å². The van der Waals surface area contributed by atoms with Crippen molar-refractivity contribution in [2.45, 2.75) is 45.4 Å². The minimum atomic E-state index is -0.223. The zero-order valence-corrected chi connectivity index (χ0v) is 14.7. The van der Waals surface area contributed by atoms with Crippen LogP contribution in [0.3, 0.4) is 0 Å². The molecule has 1 aromatic carbocycles. The van der Waals surface area contributed by atoms with E-state index in [1.807, 2.05) is 0 Å². The van der Waals surface area contributed by atoms with Crippen molar-refractivity contribution in [1.29, 1.82) is 0 Å². The molecule has 0 aromatic heterocycles. The summed E-state index contributed by atoms with van der Waals surface area (Å²) in [5.41, 5.74) is 2.62. The summed E-state index contributed by atoms with van der Waals surface area (Å²) in [4.78, 5) is 9.41. The van der Waals surface area contributed by atoms with Crippen LogP contribution in [0.2, 0.25) is 0 Å². The first-order valence-corrected chi connectivity index (χ1v) is 9.26. The summed E-state index contributed by atoms with van der Waals surface area (Å²) in [7, 11) is 0. The smallest absolute Gasteiger partial charge is 0.194 e. The van der Waals surface area contributed by atoms with Crippen molar-refractivity contribution in [2.24, 2.45) is 4.99 Å². The molecule has 2 heterocycles. The molecule has 2 aliphatic heterocycles. The van der Waals surface area contributed by atoms with E-state index in [4.69, 9.17) is 4.99 Å². The molecule has 0 amide bonds. The molecule has 132 valence electrons. The molecule has 3 rings (SSSR count). The molecular formula is C19H30N4O. The van der Waals surface area contributed by atoms with Crippen molar-refractivity contribution in [3.63, 3.8) is 0 Å². The second-order valence-electron chi connectivity index (χ2n) is 6.86. The zero-order valence-electron chi connectivity index (χ0n) is 14.7. The second-order valence-corrected chi connectivity index (χ2v) is 6.86. The molecule has 0 radical (unpaired) electrons. The predicted molar refractivity (Wildman–Crippen MR) is 98.0 cm³/mol. The van der Waals surface area contributed by atoms with Gasteiger partial charge in [0.1, 0.15) is 0 Å². The Morgan fingerprint density at radius 2 is 1.88 bits per heavy atom. The fraction of sp³-hybridized carbons (Fsp3) is 0.632. The SMILES string of the molecule is CCNC(=NCc1ccc(CN2CCCC2)cc1)N1CC[C@@H](O)C1. The molecule has 0 saturated carbocycles. The van der Waals surface area contributed by atoms with Crippen molar-refractivity contribution >= 4 is 5.96 Å². The molecule has 2 saturated heterocycles. The number of rotatable bonds is 5. The van der Waals surface area contributed by atoms with Crippen molar-refractivity contribution in [3.05, 3.63) is 35.4 Å². The van der Waals surface area contributed by atoms with Gasteiger partial charge in [0, 0.05) is 26.2 Å². The van der Waals surface area contributed by atoms with Gasteiger partial charge in [0.05, 0.1) is 12.6 Å². The summed E-state index contributed by atoms with van der Waals surface area (Å²) in [5.74, 6) is 0.912. The summed E-state index contributed by atoms with van der Waals surface area (Å²) in [6, 6.07) is 8.85. The number of nitrogens with one attached hydrogen (secondary N) is 1. The van der Waals surface area contributed by atoms with E-state index in [0.29, 0.717) is 13.1 Å². The third kappa shape index (κ3) is 4.71. The summed E-state index contributed by atoms with van der Waals surface area (Å²) < 4.78 is 0. The topological polar surface area (TPSA) is 51.1 Å². The van der Waals surface area contributed by atoms with Crippen LogP contribution in [0.1, 0.15) is 37.3 Å². The number of β-amino-alcohol motifs (C(OH)–C–C–N with tert-alkyl or cyclic N) is 1. The van der Waals surface area contributed by atoms with Crippen LogP contribution in [0.5, 0.6) is 0 Å². The number of aliphatic imine (C=N–C) groups is 1. The summed E-state index contributed by atoms with van der Waals surface area (Å²) in [6.45, 7) is 8.70. The molecule has 0 spiro atoms. The van der Waals surface area contributed by atoms with Crippen LogP contribution in [0.4, 0.5) is 0 Å². The Kier molecular flexibility index (Phi) is 6.10. The van der Waals surface area contributed by atoms with Crippen LogP contribution in [0.15, 0.2) is 29.3 Å². The lowest BCUT2D eigenvalue weighted by molar-refractivity contribution is 0.188. The van der Waals surface area contributed by atoms with Gasteiger partial charge in [0.25, 0.3) is 0 Å². The molecule has 24 heavy (non-hydrogen) atoms. The number of benzene rings is 1. The highest BCUT2D eigenvalue weighted by atomic mass is 16.3. The molecule has 5 nitrogen and oxygen atoms in total. The van der Waals surface area contributed by atoms with Gasteiger partial charge in [-0.1, -0.05) is 24.3 Å². The lowest BCUT2D eigenvalue weighted by atomic mass is 10.1. The second kappa shape index (κ2) is 8.49. The molecular weight excluding hydrogens is 300 g/mol. The first-order valence-electron chi connectivity index (χ1n) is 9.26. The highest BCUT2D eigenvalue weighted by molar-refractivity contribution is 5.80. The molecule has 2 aliphatic rings. The van der Waals surface area contributed by atoms with Gasteiger partial charge in [-0.25, -0.2) is 4.99 Å². The maximum atomic E-state index is 9.72. The van der Waals surface area contributed by atoms with Gasteiger partial charge in [-0.15, -0.1) is 0 Å². The summed E-state index contributed by atoms with van der Waals surface area (Å²) in [6.07, 6.45) is 3.28. The highest BCUT2D eigenvalue weighted by Gasteiger charge is 2.22. The fourth-order valence-corrected chi connectivity index (χ4v) is 3.48. The normalized spacial score (nSPS) is 22.3. The molecule has 5 heteroatoms. The average Bonchev–Trinajstić information content (AvgIpc) is 3.24. The van der Waals surface area contributed by atoms with E-state index in [2.05, 4.69) is 46.3 Å². The van der Waals surface area contributed by atoms with Crippen LogP contribution in [-0.4, -0.2) is 59.7 Å². The lowest BCUT2D eigenvalue weighted by Gasteiger charge is -2.21. The quantitative estimate of drug-likeness (QED) is 0.639. The van der Waals surface area contributed by atoms with Crippen LogP contribution in [-0.2, 0) is 13.1 Å². The highest BCUT2D eigenvalue weighted by Crippen LogP contribution is 2.14. The first-order chi connectivity index (χ1) is 11.7. The van der Waals surface area contributed by atoms with Gasteiger partial charge in [-0.05, 0) is 50.4 Å². The summed E-state index contributed by atoms with van der Waals surface area (Å²) >= 11 is 0.